The third-order valence-electron chi connectivity index (χ3n) is 6.66. The van der Waals surface area contributed by atoms with Gasteiger partial charge < -0.3 is 11.1 Å². The van der Waals surface area contributed by atoms with Crippen LogP contribution < -0.4 is 16.4 Å². The highest BCUT2D eigenvalue weighted by Gasteiger charge is 2.70. The van der Waals surface area contributed by atoms with Crippen LogP contribution >= 0.6 is 11.6 Å². The van der Waals surface area contributed by atoms with Gasteiger partial charge in [0.2, 0.25) is 23.6 Å². The summed E-state index contributed by atoms with van der Waals surface area (Å²) in [5, 5.41) is 6.34. The molecule has 2 saturated heterocycles. The van der Waals surface area contributed by atoms with Gasteiger partial charge in [-0.25, -0.2) is 0 Å². The van der Waals surface area contributed by atoms with Gasteiger partial charge in [0.25, 0.3) is 0 Å². The molecule has 0 saturated carbocycles. The lowest BCUT2D eigenvalue weighted by Gasteiger charge is -2.29. The zero-order valence-corrected chi connectivity index (χ0v) is 17.8. The first-order valence-electron chi connectivity index (χ1n) is 10.4. The third-order valence-corrected chi connectivity index (χ3v) is 6.89. The summed E-state index contributed by atoms with van der Waals surface area (Å²) in [7, 11) is 0. The van der Waals surface area contributed by atoms with Crippen molar-refractivity contribution in [1.82, 2.24) is 10.2 Å². The van der Waals surface area contributed by atoms with Crippen molar-refractivity contribution in [3.63, 3.8) is 0 Å². The molecule has 32 heavy (non-hydrogen) atoms. The van der Waals surface area contributed by atoms with Crippen LogP contribution in [0.15, 0.2) is 48.5 Å². The number of hydrogen-bond donors (Lipinski definition) is 3. The number of fused-ring (bicyclic) bond motifs is 4. The van der Waals surface area contributed by atoms with Gasteiger partial charge in [-0.2, -0.15) is 0 Å². The number of halogens is 1. The number of carbonyl (C=O) groups is 4. The van der Waals surface area contributed by atoms with Gasteiger partial charge in [0, 0.05) is 35.3 Å². The molecule has 4 amide bonds. The van der Waals surface area contributed by atoms with Gasteiger partial charge in [-0.3, -0.25) is 29.4 Å². The molecule has 3 heterocycles. The largest absolute Gasteiger partial charge is 0.370 e. The fraction of sp³-hybridized carbons (Fsp3) is 0.304. The molecule has 3 aliphatic heterocycles. The standard InChI is InChI=1S/C23H21ClN4O4/c24-13-6-7-15-14(10-13)23(22(32)26-15)19-18(16(27-23)11-17(25)29)20(30)28(21(19)31)9-8-12-4-2-1-3-5-12/h1-7,10,16,18-19,27H,8-9,11H2,(H2,25,29)(H,26,32)/t16-,18+,19-,23-/m0/s1. The Hall–Kier alpha value is -3.23. The normalized spacial score (nSPS) is 28.2. The molecule has 8 nitrogen and oxygen atoms in total. The van der Waals surface area contributed by atoms with Gasteiger partial charge in [0.1, 0.15) is 5.54 Å². The van der Waals surface area contributed by atoms with Crippen LogP contribution in [0.1, 0.15) is 17.5 Å². The summed E-state index contributed by atoms with van der Waals surface area (Å²) in [4.78, 5) is 53.2. The fourth-order valence-corrected chi connectivity index (χ4v) is 5.50. The number of carbonyl (C=O) groups excluding carboxylic acids is 4. The van der Waals surface area contributed by atoms with Gasteiger partial charge in [-0.15, -0.1) is 0 Å². The second-order valence-corrected chi connectivity index (χ2v) is 8.88. The van der Waals surface area contributed by atoms with Crippen molar-refractivity contribution in [3.05, 3.63) is 64.7 Å². The number of nitrogens with one attached hydrogen (secondary N) is 2. The van der Waals surface area contributed by atoms with E-state index in [1.165, 1.54) is 4.90 Å². The molecule has 0 aromatic heterocycles. The molecule has 0 aliphatic carbocycles. The maximum atomic E-state index is 13.6. The summed E-state index contributed by atoms with van der Waals surface area (Å²) in [6, 6.07) is 13.7. The minimum atomic E-state index is -1.49. The Morgan fingerprint density at radius 2 is 1.84 bits per heavy atom. The number of likely N-dealkylation sites (tertiary alicyclic amines) is 1. The van der Waals surface area contributed by atoms with E-state index in [1.54, 1.807) is 18.2 Å². The topological polar surface area (TPSA) is 122 Å². The number of anilines is 1. The summed E-state index contributed by atoms with van der Waals surface area (Å²) >= 11 is 6.20. The maximum Gasteiger partial charge on any atom is 0.250 e. The zero-order chi connectivity index (χ0) is 22.6. The second-order valence-electron chi connectivity index (χ2n) is 8.44. The minimum absolute atomic E-state index is 0.169. The predicted molar refractivity (Wildman–Crippen MR) is 116 cm³/mol. The van der Waals surface area contributed by atoms with E-state index in [1.807, 2.05) is 30.3 Å². The first-order valence-corrected chi connectivity index (χ1v) is 10.8. The van der Waals surface area contributed by atoms with Gasteiger partial charge in [-0.1, -0.05) is 41.9 Å². The molecular formula is C23H21ClN4O4. The number of benzene rings is 2. The Balaban J connectivity index is 1.55. The average molecular weight is 453 g/mol. The number of primary amides is 1. The number of rotatable bonds is 5. The molecule has 9 heteroatoms. The highest BCUT2D eigenvalue weighted by molar-refractivity contribution is 6.31. The molecule has 4 N–H and O–H groups in total. The van der Waals surface area contributed by atoms with E-state index in [0.717, 1.165) is 5.56 Å². The van der Waals surface area contributed by atoms with E-state index in [2.05, 4.69) is 10.6 Å². The molecule has 4 atom stereocenters. The van der Waals surface area contributed by atoms with Gasteiger partial charge >= 0.3 is 0 Å². The fourth-order valence-electron chi connectivity index (χ4n) is 5.33. The van der Waals surface area contributed by atoms with Crippen molar-refractivity contribution < 1.29 is 19.2 Å². The van der Waals surface area contributed by atoms with Gasteiger partial charge in [0.15, 0.2) is 0 Å². The number of amides is 4. The van der Waals surface area contributed by atoms with E-state index in [4.69, 9.17) is 17.3 Å². The Bertz CT molecular complexity index is 1150. The number of nitrogens with two attached hydrogens (primary N) is 1. The highest BCUT2D eigenvalue weighted by atomic mass is 35.5. The van der Waals surface area contributed by atoms with E-state index in [9.17, 15) is 19.2 Å². The Morgan fingerprint density at radius 1 is 1.09 bits per heavy atom. The van der Waals surface area contributed by atoms with E-state index < -0.39 is 47.0 Å². The minimum Gasteiger partial charge on any atom is -0.370 e. The van der Waals surface area contributed by atoms with Crippen molar-refractivity contribution in [2.45, 2.75) is 24.4 Å². The lowest BCUT2D eigenvalue weighted by atomic mass is 9.76. The molecule has 0 unspecified atom stereocenters. The molecule has 5 rings (SSSR count). The molecule has 2 aromatic carbocycles. The Labute approximate surface area is 189 Å². The van der Waals surface area contributed by atoms with Gasteiger partial charge in [0.05, 0.1) is 11.8 Å². The van der Waals surface area contributed by atoms with Crippen LogP contribution in [-0.2, 0) is 31.1 Å². The van der Waals surface area contributed by atoms with E-state index in [0.29, 0.717) is 22.7 Å². The first-order chi connectivity index (χ1) is 15.3. The number of imide groups is 1. The van der Waals surface area contributed by atoms with Crippen molar-refractivity contribution in [1.29, 1.82) is 0 Å². The van der Waals surface area contributed by atoms with Crippen molar-refractivity contribution in [2.75, 3.05) is 11.9 Å². The van der Waals surface area contributed by atoms with E-state index >= 15 is 0 Å². The van der Waals surface area contributed by atoms with Crippen molar-refractivity contribution >= 4 is 40.9 Å². The average Bonchev–Trinajstić information content (AvgIpc) is 3.32. The quantitative estimate of drug-likeness (QED) is 0.588. The number of hydrogen-bond acceptors (Lipinski definition) is 5. The summed E-state index contributed by atoms with van der Waals surface area (Å²) in [6.45, 7) is 0.193. The molecular weight excluding hydrogens is 432 g/mol. The maximum absolute atomic E-state index is 13.6. The van der Waals surface area contributed by atoms with Crippen LogP contribution in [0.4, 0.5) is 5.69 Å². The predicted octanol–water partition coefficient (Wildman–Crippen LogP) is 1.18. The summed E-state index contributed by atoms with van der Waals surface area (Å²) < 4.78 is 0. The SMILES string of the molecule is NC(=O)C[C@@H]1N[C@]2(C(=O)Nc3ccc(Cl)cc32)[C@@H]2C(=O)N(CCc3ccccc3)C(=O)[C@H]12. The molecule has 0 bridgehead atoms. The zero-order valence-electron chi connectivity index (χ0n) is 17.0. The molecule has 0 radical (unpaired) electrons. The van der Waals surface area contributed by atoms with Crippen LogP contribution in [-0.4, -0.2) is 41.1 Å². The number of nitrogens with zero attached hydrogens (tertiary/aromatic N) is 1. The molecule has 2 fully saturated rings. The van der Waals surface area contributed by atoms with Crippen LogP contribution in [0.5, 0.6) is 0 Å². The lowest BCUT2D eigenvalue weighted by molar-refractivity contribution is -0.142. The van der Waals surface area contributed by atoms with Crippen molar-refractivity contribution in [2.24, 2.45) is 17.6 Å². The molecule has 164 valence electrons. The highest BCUT2D eigenvalue weighted by Crippen LogP contribution is 2.53. The van der Waals surface area contributed by atoms with E-state index in [-0.39, 0.29) is 13.0 Å². The van der Waals surface area contributed by atoms with Crippen LogP contribution in [0.25, 0.3) is 0 Å². The lowest BCUT2D eigenvalue weighted by Crippen LogP contribution is -2.53. The van der Waals surface area contributed by atoms with Crippen molar-refractivity contribution in [3.8, 4) is 0 Å². The first kappa shape index (κ1) is 20.7. The smallest absolute Gasteiger partial charge is 0.250 e. The Kier molecular flexibility index (Phi) is 4.79. The summed E-state index contributed by atoms with van der Waals surface area (Å²) in [5.74, 6) is -3.75. The Morgan fingerprint density at radius 3 is 2.56 bits per heavy atom. The van der Waals surface area contributed by atoms with Crippen LogP contribution in [0.3, 0.4) is 0 Å². The monoisotopic (exact) mass is 452 g/mol. The molecule has 3 aliphatic rings. The molecule has 1 spiro atoms. The second kappa shape index (κ2) is 7.43. The summed E-state index contributed by atoms with van der Waals surface area (Å²) in [6.07, 6.45) is 0.324. The van der Waals surface area contributed by atoms with Crippen LogP contribution in [0.2, 0.25) is 5.02 Å². The van der Waals surface area contributed by atoms with Crippen LogP contribution in [0, 0.1) is 11.8 Å². The molecule has 2 aromatic rings. The van der Waals surface area contributed by atoms with Gasteiger partial charge in [-0.05, 0) is 30.2 Å². The summed E-state index contributed by atoms with van der Waals surface area (Å²) in [5.41, 5.74) is 5.96. The third kappa shape index (κ3) is 2.94.